The van der Waals surface area contributed by atoms with Crippen LogP contribution in [0.3, 0.4) is 0 Å². The molecule has 3 fully saturated rings. The third-order valence-electron chi connectivity index (χ3n) is 7.10. The molecule has 0 unspecified atom stereocenters. The smallest absolute Gasteiger partial charge is 0.345 e. The molecule has 234 valence electrons. The van der Waals surface area contributed by atoms with Crippen molar-refractivity contribution in [1.29, 1.82) is 0 Å². The number of aliphatic hydroxyl groups is 1. The highest BCUT2D eigenvalue weighted by molar-refractivity contribution is 6.70. The summed E-state index contributed by atoms with van der Waals surface area (Å²) < 4.78 is 43.4. The summed E-state index contributed by atoms with van der Waals surface area (Å²) in [6, 6.07) is 10.3. The number of Topliss-reactive ketones (excluding diaryl/α,β-unsaturated/α-hetero) is 1. The van der Waals surface area contributed by atoms with E-state index < -0.39 is 61.2 Å². The number of halogens is 2. The van der Waals surface area contributed by atoms with E-state index >= 15 is 0 Å². The predicted molar refractivity (Wildman–Crippen MR) is 159 cm³/mol. The number of rotatable bonds is 6. The SMILES string of the molecule is C.C.C.CCOC(=O)[C@@]1(F)[C@@H]2CC=C(O[Si](C)(C)C)[C@@H]21.CCOC(=O)[C@@]1(F)[C@@H]2C[C@@H](O)C(=O)[C@@H]21.Cc1ccccc1. The van der Waals surface area contributed by atoms with Gasteiger partial charge in [-0.15, -0.1) is 0 Å². The van der Waals surface area contributed by atoms with Crippen LogP contribution in [0.25, 0.3) is 0 Å². The van der Waals surface area contributed by atoms with E-state index in [1.54, 1.807) is 13.8 Å². The van der Waals surface area contributed by atoms with Crippen LogP contribution in [0.15, 0.2) is 42.2 Å². The number of allylic oxidation sites excluding steroid dienone is 2. The lowest BCUT2D eigenvalue weighted by molar-refractivity contribution is -0.154. The Morgan fingerprint density at radius 1 is 0.927 bits per heavy atom. The molecule has 0 aromatic heterocycles. The van der Waals surface area contributed by atoms with Crippen LogP contribution in [0.1, 0.15) is 54.5 Å². The zero-order valence-corrected chi connectivity index (χ0v) is 23.8. The molecule has 1 N–H and O–H groups in total. The zero-order valence-electron chi connectivity index (χ0n) is 22.8. The van der Waals surface area contributed by atoms with E-state index in [4.69, 9.17) is 14.3 Å². The number of alkyl halides is 2. The van der Waals surface area contributed by atoms with Gasteiger partial charge < -0.3 is 19.0 Å². The lowest BCUT2D eigenvalue weighted by Gasteiger charge is -2.22. The van der Waals surface area contributed by atoms with Crippen molar-refractivity contribution >= 4 is 26.0 Å². The topological polar surface area (TPSA) is 99.1 Å². The number of benzene rings is 1. The van der Waals surface area contributed by atoms with E-state index in [9.17, 15) is 23.2 Å². The van der Waals surface area contributed by atoms with E-state index in [-0.39, 0.29) is 47.8 Å². The fourth-order valence-corrected chi connectivity index (χ4v) is 6.16. The summed E-state index contributed by atoms with van der Waals surface area (Å²) in [7, 11) is -1.74. The summed E-state index contributed by atoms with van der Waals surface area (Å²) in [5.74, 6) is -3.85. The van der Waals surface area contributed by atoms with Crippen molar-refractivity contribution in [3.05, 3.63) is 47.7 Å². The molecule has 0 bridgehead atoms. The summed E-state index contributed by atoms with van der Waals surface area (Å²) in [5.41, 5.74) is -2.64. The van der Waals surface area contributed by atoms with Crippen LogP contribution in [0, 0.1) is 30.6 Å². The van der Waals surface area contributed by atoms with Crippen LogP contribution in [-0.4, -0.2) is 61.8 Å². The van der Waals surface area contributed by atoms with Crippen LogP contribution in [0.5, 0.6) is 0 Å². The van der Waals surface area contributed by atoms with Gasteiger partial charge in [-0.3, -0.25) is 4.79 Å². The molecule has 7 nitrogen and oxygen atoms in total. The van der Waals surface area contributed by atoms with Gasteiger partial charge in [0.15, 0.2) is 5.78 Å². The molecule has 3 saturated carbocycles. The molecule has 4 aliphatic rings. The van der Waals surface area contributed by atoms with Crippen LogP contribution < -0.4 is 0 Å². The van der Waals surface area contributed by atoms with Crippen molar-refractivity contribution < 1.29 is 42.2 Å². The Labute approximate surface area is 245 Å². The van der Waals surface area contributed by atoms with E-state index in [0.717, 1.165) is 0 Å². The quantitative estimate of drug-likeness (QED) is 0.299. The van der Waals surface area contributed by atoms with E-state index in [2.05, 4.69) is 23.8 Å². The Kier molecular flexibility index (Phi) is 13.6. The maximum Gasteiger partial charge on any atom is 0.345 e. The number of ketones is 1. The lowest BCUT2D eigenvalue weighted by Crippen LogP contribution is -2.32. The highest BCUT2D eigenvalue weighted by atomic mass is 28.4. The van der Waals surface area contributed by atoms with Gasteiger partial charge in [0.25, 0.3) is 0 Å². The number of carbonyl (C=O) groups is 3. The number of hydrogen-bond acceptors (Lipinski definition) is 7. The molecule has 0 amide bonds. The van der Waals surface area contributed by atoms with E-state index in [0.29, 0.717) is 12.2 Å². The Balaban J connectivity index is 0.000000605. The Morgan fingerprint density at radius 2 is 1.41 bits per heavy atom. The largest absolute Gasteiger partial charge is 0.547 e. The molecule has 0 spiro atoms. The molecule has 0 saturated heterocycles. The maximum atomic E-state index is 14.4. The highest BCUT2D eigenvalue weighted by Gasteiger charge is 2.79. The summed E-state index contributed by atoms with van der Waals surface area (Å²) in [5, 5.41) is 9.07. The number of fused-ring (bicyclic) bond motifs is 2. The van der Waals surface area contributed by atoms with Gasteiger partial charge >= 0.3 is 11.9 Å². The van der Waals surface area contributed by atoms with Crippen LogP contribution in [-0.2, 0) is 28.3 Å². The molecular formula is C31H50F2O7Si. The molecule has 4 aliphatic carbocycles. The lowest BCUT2D eigenvalue weighted by atomic mass is 10.1. The number of hydrogen-bond donors (Lipinski definition) is 1. The third-order valence-corrected chi connectivity index (χ3v) is 7.95. The standard InChI is InChI=1S/C12H19FO3Si.C9H11FO4.C7H8.3CH4/c1-5-15-11(14)12(13)8-6-7-9(10(8)12)16-17(2,3)4;1-2-14-8(13)9(10)4-3-5(11)7(12)6(4)9;1-7-5-3-2-4-6-7;;;/h7-8,10H,5-6H2,1-4H3;4-6,11H,2-3H2,1H3;2-6H,1H3;3*1H4/t8-,10-,12-;4-,5-,6-,9-;;;;/m11..../s1. The summed E-state index contributed by atoms with van der Waals surface area (Å²) in [6.07, 6.45) is 1.45. The first-order valence-corrected chi connectivity index (χ1v) is 16.5. The minimum atomic E-state index is -2.15. The maximum absolute atomic E-state index is 14.4. The predicted octanol–water partition coefficient (Wildman–Crippen LogP) is 6.38. The summed E-state index contributed by atoms with van der Waals surface area (Å²) in [4.78, 5) is 33.9. The van der Waals surface area contributed by atoms with Gasteiger partial charge in [0, 0.05) is 11.8 Å². The number of aryl methyl sites for hydroxylation is 1. The van der Waals surface area contributed by atoms with Crippen LogP contribution in [0.2, 0.25) is 19.6 Å². The first-order chi connectivity index (χ1) is 17.7. The van der Waals surface area contributed by atoms with Gasteiger partial charge in [-0.1, -0.05) is 58.2 Å². The van der Waals surface area contributed by atoms with Gasteiger partial charge in [-0.2, -0.15) is 0 Å². The fraction of sp³-hybridized carbons (Fsp3) is 0.645. The van der Waals surface area contributed by atoms with Gasteiger partial charge in [0.05, 0.1) is 30.8 Å². The van der Waals surface area contributed by atoms with Crippen molar-refractivity contribution in [2.24, 2.45) is 23.7 Å². The molecule has 0 radical (unpaired) electrons. The minimum absolute atomic E-state index is 0. The minimum Gasteiger partial charge on any atom is -0.547 e. The Bertz CT molecular complexity index is 1070. The molecule has 10 heteroatoms. The molecule has 41 heavy (non-hydrogen) atoms. The van der Waals surface area contributed by atoms with Crippen molar-refractivity contribution in [2.45, 2.75) is 93.0 Å². The van der Waals surface area contributed by atoms with Crippen molar-refractivity contribution in [3.8, 4) is 0 Å². The first kappa shape index (κ1) is 38.4. The Hall–Kier alpha value is -2.59. The zero-order chi connectivity index (χ0) is 28.5. The van der Waals surface area contributed by atoms with Crippen molar-refractivity contribution in [2.75, 3.05) is 13.2 Å². The Morgan fingerprint density at radius 3 is 1.78 bits per heavy atom. The van der Waals surface area contributed by atoms with Gasteiger partial charge in [-0.05, 0) is 59.3 Å². The molecule has 1 aromatic rings. The second kappa shape index (κ2) is 14.5. The fourth-order valence-electron chi connectivity index (χ4n) is 5.24. The average molecular weight is 601 g/mol. The average Bonchev–Trinajstić information content (AvgIpc) is 3.47. The second-order valence-corrected chi connectivity index (χ2v) is 15.4. The van der Waals surface area contributed by atoms with Gasteiger partial charge in [0.1, 0.15) is 6.10 Å². The van der Waals surface area contributed by atoms with E-state index in [1.807, 2.05) is 43.9 Å². The molecular weight excluding hydrogens is 550 g/mol. The number of ether oxygens (including phenoxy) is 2. The third kappa shape index (κ3) is 7.83. The van der Waals surface area contributed by atoms with E-state index in [1.165, 1.54) is 5.56 Å². The number of aliphatic hydroxyl groups excluding tert-OH is 1. The van der Waals surface area contributed by atoms with Crippen molar-refractivity contribution in [1.82, 2.24) is 0 Å². The molecule has 7 atom stereocenters. The van der Waals surface area contributed by atoms with Gasteiger partial charge in [0.2, 0.25) is 19.7 Å². The molecule has 5 rings (SSSR count). The van der Waals surface area contributed by atoms with Crippen molar-refractivity contribution in [3.63, 3.8) is 0 Å². The molecule has 0 aliphatic heterocycles. The number of carbonyl (C=O) groups excluding carboxylic acids is 3. The van der Waals surface area contributed by atoms with Crippen LogP contribution >= 0.6 is 0 Å². The highest BCUT2D eigenvalue weighted by Crippen LogP contribution is 2.64. The monoisotopic (exact) mass is 600 g/mol. The second-order valence-electron chi connectivity index (χ2n) is 11.0. The normalized spacial score (nSPS) is 31.3. The first-order valence-electron chi connectivity index (χ1n) is 13.1. The van der Waals surface area contributed by atoms with Gasteiger partial charge in [-0.25, -0.2) is 18.4 Å². The number of esters is 2. The molecule has 1 aromatic carbocycles. The summed E-state index contributed by atoms with van der Waals surface area (Å²) in [6.45, 7) is 11.8. The summed E-state index contributed by atoms with van der Waals surface area (Å²) >= 11 is 0. The molecule has 0 heterocycles. The van der Waals surface area contributed by atoms with Crippen LogP contribution in [0.4, 0.5) is 8.78 Å².